The molecule has 0 aromatic heterocycles. The van der Waals surface area contributed by atoms with Crippen molar-refractivity contribution in [3.05, 3.63) is 52.8 Å². The molecule has 0 aromatic carbocycles. The zero-order valence-electron chi connectivity index (χ0n) is 49.1. The second-order valence-electron chi connectivity index (χ2n) is 21.9. The fraction of sp³-hybridized carbons (Fsp3) is 0.667. The van der Waals surface area contributed by atoms with Gasteiger partial charge in [-0.05, 0) is 75.0 Å². The monoisotopic (exact) mass is 1180 g/mol. The van der Waals surface area contributed by atoms with Crippen LogP contribution in [0.25, 0.3) is 5.32 Å². The summed E-state index contributed by atoms with van der Waals surface area (Å²) >= 11 is 0. The van der Waals surface area contributed by atoms with Gasteiger partial charge in [0, 0.05) is 95.4 Å². The molecular formula is C57H78CoN7O16. The van der Waals surface area contributed by atoms with Gasteiger partial charge in [0.1, 0.15) is 0 Å². The van der Waals surface area contributed by atoms with Crippen LogP contribution >= 0.6 is 0 Å². The molecule has 0 saturated carbocycles. The number of carbonyl (C=O) groups is 8. The summed E-state index contributed by atoms with van der Waals surface area (Å²) in [6.45, 7) is 23.9. The SMILES string of the molecule is COC(=O)CC[C@@H]1C2=NC(=C\C3=NC(=C(/C)C4=N[C@@](C)(C5[N-]/C(=C\2C)[C@](C)(CCC(=O)OC)[C@H]5CC(=O)OC)[C@@](C)(CC(=O)OC)[C@@H]4CCC(=O)OC)/[C@@](C)(CC(=O)N[C@@H](CO)C(=O)OC)[C@@H]3CCC(=O)OC)/C1(C)C.[C-]#N.[C-]#N.[Co+3]. The van der Waals surface area contributed by atoms with E-state index in [1.807, 2.05) is 54.5 Å². The minimum atomic E-state index is -1.46. The van der Waals surface area contributed by atoms with Gasteiger partial charge in [-0.1, -0.05) is 40.7 Å². The quantitative estimate of drug-likeness (QED) is 0.0757. The Labute approximate surface area is 485 Å². The first-order valence-corrected chi connectivity index (χ1v) is 26.1. The van der Waals surface area contributed by atoms with Gasteiger partial charge in [-0.15, -0.1) is 0 Å². The molecule has 1 saturated heterocycles. The fourth-order valence-electron chi connectivity index (χ4n) is 12.8. The third-order valence-corrected chi connectivity index (χ3v) is 17.5. The van der Waals surface area contributed by atoms with Crippen LogP contribution in [0.4, 0.5) is 0 Å². The van der Waals surface area contributed by atoms with E-state index in [1.54, 1.807) is 6.92 Å². The van der Waals surface area contributed by atoms with Crippen LogP contribution in [0.3, 0.4) is 0 Å². The van der Waals surface area contributed by atoms with Crippen molar-refractivity contribution in [2.24, 2.45) is 60.3 Å². The van der Waals surface area contributed by atoms with Crippen LogP contribution in [0, 0.1) is 69.0 Å². The second kappa shape index (κ2) is 29.3. The number of esters is 7. The van der Waals surface area contributed by atoms with E-state index in [9.17, 15) is 43.5 Å². The Morgan fingerprint density at radius 3 is 1.63 bits per heavy atom. The predicted molar refractivity (Wildman–Crippen MR) is 287 cm³/mol. The van der Waals surface area contributed by atoms with E-state index in [0.29, 0.717) is 45.4 Å². The molecule has 1 unspecified atom stereocenters. The van der Waals surface area contributed by atoms with Crippen molar-refractivity contribution < 1.29 is 93.4 Å². The molecule has 1 fully saturated rings. The molecule has 5 aliphatic rings. The van der Waals surface area contributed by atoms with Gasteiger partial charge >= 0.3 is 58.6 Å². The third kappa shape index (κ3) is 14.1. The van der Waals surface area contributed by atoms with E-state index in [1.165, 1.54) is 42.7 Å². The van der Waals surface area contributed by atoms with Gasteiger partial charge in [-0.2, -0.15) is 5.70 Å². The maximum absolute atomic E-state index is 14.5. The molecule has 446 valence electrons. The van der Waals surface area contributed by atoms with Crippen LogP contribution in [0.1, 0.15) is 126 Å². The number of nitrogens with zero attached hydrogens (tertiary/aromatic N) is 6. The van der Waals surface area contributed by atoms with Crippen LogP contribution in [-0.4, -0.2) is 144 Å². The smallest absolute Gasteiger partial charge is 0.682 e. The minimum absolute atomic E-state index is 0. The summed E-state index contributed by atoms with van der Waals surface area (Å²) in [5.74, 6) is -7.47. The van der Waals surface area contributed by atoms with Crippen LogP contribution in [0.15, 0.2) is 49.3 Å². The van der Waals surface area contributed by atoms with Gasteiger partial charge in [0.2, 0.25) is 5.91 Å². The predicted octanol–water partition coefficient (Wildman–Crippen LogP) is 5.99. The van der Waals surface area contributed by atoms with E-state index in [0.717, 1.165) is 7.11 Å². The zero-order chi connectivity index (χ0) is 60.9. The Bertz CT molecular complexity index is 2650. The molecule has 5 heterocycles. The average Bonchev–Trinajstić information content (AvgIpc) is 4.30. The molecule has 10 atom stereocenters. The van der Waals surface area contributed by atoms with Gasteiger partial charge in [0.25, 0.3) is 0 Å². The summed E-state index contributed by atoms with van der Waals surface area (Å²) in [5, 5.41) is 31.0. The number of hydrogen-bond acceptors (Lipinski definition) is 21. The van der Waals surface area contributed by atoms with Crippen molar-refractivity contribution in [1.29, 1.82) is 10.5 Å². The molecule has 0 aliphatic carbocycles. The van der Waals surface area contributed by atoms with Gasteiger partial charge in [0.15, 0.2) is 6.04 Å². The van der Waals surface area contributed by atoms with E-state index in [2.05, 4.69) is 5.32 Å². The first kappa shape index (κ1) is 70.3. The molecule has 81 heavy (non-hydrogen) atoms. The Balaban J connectivity index is 0.00000438. The average molecular weight is 1180 g/mol. The summed E-state index contributed by atoms with van der Waals surface area (Å²) in [7, 11) is 8.84. The Morgan fingerprint density at radius 2 is 1.14 bits per heavy atom. The number of ether oxygens (including phenoxy) is 7. The van der Waals surface area contributed by atoms with Gasteiger partial charge in [-0.25, -0.2) is 4.79 Å². The molecule has 0 aromatic rings. The van der Waals surface area contributed by atoms with Crippen molar-refractivity contribution >= 4 is 64.8 Å². The normalized spacial score (nSPS) is 30.1. The summed E-state index contributed by atoms with van der Waals surface area (Å²) in [4.78, 5) is 124. The van der Waals surface area contributed by atoms with Crippen molar-refractivity contribution in [3.8, 4) is 0 Å². The first-order valence-electron chi connectivity index (χ1n) is 26.1. The van der Waals surface area contributed by atoms with Crippen molar-refractivity contribution in [2.45, 2.75) is 144 Å². The Morgan fingerprint density at radius 1 is 0.642 bits per heavy atom. The summed E-state index contributed by atoms with van der Waals surface area (Å²) < 4.78 is 36.3. The molecule has 0 radical (unpaired) electrons. The number of hydrogen-bond donors (Lipinski definition) is 2. The van der Waals surface area contributed by atoms with Crippen LogP contribution in [0.2, 0.25) is 0 Å². The maximum atomic E-state index is 14.5. The van der Waals surface area contributed by atoms with Gasteiger partial charge in [0.05, 0.1) is 74.0 Å². The standard InChI is InChI=1S/C55H79N5O16.2CN.Co/c1-29-45-32(17-20-40(64)71-10)51(3,4)37(58-45)25-35-31(16-19-39(63)70-9)53(6,26-38(62)56-36(28-61)50(69)76-15)48(57-35)30(2)46-33(18-21-41(65)72-11)54(7,27-44(68)75-14)55(8,60-46)49-34(24-43(67)74-13)52(5,47(29)59-49)23-22-42(66)73-12;2*1-2;/h25,31-34,36,49,61H,16-24,26-28H2,1-15H3,(H2,56,57,58,59,60,62);;;/q;2*-1;+3/p-1/t31-,32-,33-,34+,36+,49?,52-,53+,54+,55+;;;/m1.../s1. The summed E-state index contributed by atoms with van der Waals surface area (Å²) in [6.07, 6.45) is 1.34. The number of amides is 1. The van der Waals surface area contributed by atoms with Crippen LogP contribution in [0.5, 0.6) is 0 Å². The molecule has 8 bridgehead atoms. The summed E-state index contributed by atoms with van der Waals surface area (Å²) in [6, 6.07) is -2.38. The van der Waals surface area contributed by atoms with E-state index >= 15 is 0 Å². The largest absolute Gasteiger partial charge is 3.00 e. The van der Waals surface area contributed by atoms with Crippen molar-refractivity contribution in [3.63, 3.8) is 0 Å². The zero-order valence-corrected chi connectivity index (χ0v) is 50.2. The number of aliphatic imine (C=N–C) groups is 3. The number of aliphatic hydroxyl groups is 1. The van der Waals surface area contributed by atoms with Crippen molar-refractivity contribution in [2.75, 3.05) is 56.4 Å². The Hall–Kier alpha value is -6.76. The van der Waals surface area contributed by atoms with E-state index in [-0.39, 0.29) is 87.4 Å². The Kier molecular flexibility index (Phi) is 25.4. The summed E-state index contributed by atoms with van der Waals surface area (Å²) in [5.41, 5.74) is -2.11. The minimum Gasteiger partial charge on any atom is -0.682 e. The molecule has 5 aliphatic heterocycles. The number of nitrogens with one attached hydrogen (secondary N) is 1. The molecule has 0 spiro atoms. The number of aliphatic hydroxyl groups excluding tert-OH is 1. The number of methoxy groups -OCH3 is 7. The molecule has 23 nitrogen and oxygen atoms in total. The maximum Gasteiger partial charge on any atom is 3.00 e. The van der Waals surface area contributed by atoms with Crippen LogP contribution in [-0.2, 0) is 88.3 Å². The number of carbonyl (C=O) groups excluding carboxylic acids is 8. The first-order chi connectivity index (χ1) is 37.7. The third-order valence-electron chi connectivity index (χ3n) is 17.5. The topological polar surface area (TPSA) is 332 Å². The number of allylic oxidation sites excluding steroid dienone is 6. The fourth-order valence-corrected chi connectivity index (χ4v) is 12.8. The second-order valence-corrected chi connectivity index (χ2v) is 21.9. The van der Waals surface area contributed by atoms with Crippen LogP contribution < -0.4 is 5.32 Å². The number of rotatable bonds is 21. The van der Waals surface area contributed by atoms with E-state index in [4.69, 9.17) is 77.1 Å². The molecule has 24 heteroatoms. The molecule has 5 rings (SSSR count). The molecular weight excluding hydrogens is 1100 g/mol. The van der Waals surface area contributed by atoms with E-state index < -0.39 is 117 Å². The van der Waals surface area contributed by atoms with Gasteiger partial charge in [-0.3, -0.25) is 48.5 Å². The van der Waals surface area contributed by atoms with Crippen molar-refractivity contribution in [1.82, 2.24) is 5.32 Å². The molecule has 1 amide bonds. The molecule has 2 N–H and O–H groups in total. The number of fused-ring (bicyclic) bond motifs is 6. The van der Waals surface area contributed by atoms with Gasteiger partial charge < -0.3 is 72.6 Å².